The molecule has 2 atom stereocenters. The second-order valence-electron chi connectivity index (χ2n) is 6.13. The molecule has 21 heavy (non-hydrogen) atoms. The highest BCUT2D eigenvalue weighted by Crippen LogP contribution is 2.19. The lowest BCUT2D eigenvalue weighted by molar-refractivity contribution is 0.240. The molecule has 0 saturated carbocycles. The van der Waals surface area contributed by atoms with Gasteiger partial charge in [0.1, 0.15) is 0 Å². The Labute approximate surface area is 130 Å². The van der Waals surface area contributed by atoms with Gasteiger partial charge in [-0.25, -0.2) is 4.72 Å². The highest BCUT2D eigenvalue weighted by Gasteiger charge is 2.31. The summed E-state index contributed by atoms with van der Waals surface area (Å²) in [5.74, 6) is 0. The Kier molecular flexibility index (Phi) is 8.12. The van der Waals surface area contributed by atoms with Gasteiger partial charge in [0.05, 0.1) is 0 Å². The molecule has 6 nitrogen and oxygen atoms in total. The molecule has 0 aromatic rings. The highest BCUT2D eigenvalue weighted by molar-refractivity contribution is 7.87. The number of likely N-dealkylation sites (N-methyl/N-ethyl adjacent to an activating group) is 1. The van der Waals surface area contributed by atoms with Gasteiger partial charge in [0.25, 0.3) is 10.2 Å². The number of hydrogen-bond donors (Lipinski definition) is 2. The van der Waals surface area contributed by atoms with Crippen molar-refractivity contribution in [2.45, 2.75) is 51.6 Å². The van der Waals surface area contributed by atoms with Crippen LogP contribution in [0.25, 0.3) is 0 Å². The molecule has 126 valence electrons. The maximum Gasteiger partial charge on any atom is 0.279 e. The van der Waals surface area contributed by atoms with Gasteiger partial charge in [-0.05, 0) is 46.8 Å². The standard InChI is InChI=1S/C14H32N4O2S/c1-5-9-15-12-14-8-6-7-10-18(14)21(19,20)16-11-13(2)17(3)4/h13-16H,5-12H2,1-4H3. The van der Waals surface area contributed by atoms with Crippen molar-refractivity contribution in [2.24, 2.45) is 0 Å². The minimum atomic E-state index is -3.38. The molecule has 1 rings (SSSR count). The number of piperidine rings is 1. The van der Waals surface area contributed by atoms with E-state index < -0.39 is 10.2 Å². The van der Waals surface area contributed by atoms with Crippen LogP contribution in [0.15, 0.2) is 0 Å². The quantitative estimate of drug-likeness (QED) is 0.612. The molecule has 0 amide bonds. The molecule has 2 N–H and O–H groups in total. The van der Waals surface area contributed by atoms with Crippen LogP contribution in [0.4, 0.5) is 0 Å². The Morgan fingerprint density at radius 2 is 2.05 bits per heavy atom. The molecular weight excluding hydrogens is 288 g/mol. The van der Waals surface area contributed by atoms with Gasteiger partial charge in [-0.3, -0.25) is 0 Å². The number of nitrogens with zero attached hydrogens (tertiary/aromatic N) is 2. The van der Waals surface area contributed by atoms with Crippen LogP contribution in [0, 0.1) is 0 Å². The third kappa shape index (κ3) is 6.20. The van der Waals surface area contributed by atoms with Crippen LogP contribution in [0.1, 0.15) is 39.5 Å². The van der Waals surface area contributed by atoms with Gasteiger partial charge in [0.2, 0.25) is 0 Å². The predicted molar refractivity (Wildman–Crippen MR) is 87.6 cm³/mol. The lowest BCUT2D eigenvalue weighted by Gasteiger charge is -2.35. The summed E-state index contributed by atoms with van der Waals surface area (Å²) in [5, 5.41) is 3.35. The Morgan fingerprint density at radius 1 is 1.33 bits per heavy atom. The zero-order valence-corrected chi connectivity index (χ0v) is 14.7. The van der Waals surface area contributed by atoms with Crippen molar-refractivity contribution in [1.82, 2.24) is 19.2 Å². The molecule has 0 bridgehead atoms. The summed E-state index contributed by atoms with van der Waals surface area (Å²) in [4.78, 5) is 2.01. The Hall–Kier alpha value is -0.210. The molecule has 0 aliphatic carbocycles. The largest absolute Gasteiger partial charge is 0.315 e. The molecule has 2 unspecified atom stereocenters. The summed E-state index contributed by atoms with van der Waals surface area (Å²) in [7, 11) is 0.530. The van der Waals surface area contributed by atoms with E-state index in [9.17, 15) is 8.42 Å². The first-order valence-corrected chi connectivity index (χ1v) is 9.46. The summed E-state index contributed by atoms with van der Waals surface area (Å²) in [6.07, 6.45) is 4.08. The van der Waals surface area contributed by atoms with E-state index in [0.29, 0.717) is 13.1 Å². The summed E-state index contributed by atoms with van der Waals surface area (Å²) in [6.45, 7) is 6.89. The maximum atomic E-state index is 12.5. The van der Waals surface area contributed by atoms with Gasteiger partial charge in [0, 0.05) is 31.7 Å². The van der Waals surface area contributed by atoms with Crippen LogP contribution in [0.2, 0.25) is 0 Å². The minimum absolute atomic E-state index is 0.0810. The van der Waals surface area contributed by atoms with Crippen molar-refractivity contribution in [1.29, 1.82) is 0 Å². The van der Waals surface area contributed by atoms with Crippen molar-refractivity contribution in [3.05, 3.63) is 0 Å². The third-order valence-corrected chi connectivity index (χ3v) is 5.76. The van der Waals surface area contributed by atoms with Gasteiger partial charge in [-0.2, -0.15) is 12.7 Å². The average molecular weight is 321 g/mol. The van der Waals surface area contributed by atoms with E-state index in [4.69, 9.17) is 0 Å². The molecule has 1 aliphatic heterocycles. The van der Waals surface area contributed by atoms with Gasteiger partial charge >= 0.3 is 0 Å². The van der Waals surface area contributed by atoms with Crippen molar-refractivity contribution < 1.29 is 8.42 Å². The van der Waals surface area contributed by atoms with Crippen molar-refractivity contribution in [2.75, 3.05) is 40.3 Å². The van der Waals surface area contributed by atoms with Crippen LogP contribution in [0.5, 0.6) is 0 Å². The van der Waals surface area contributed by atoms with E-state index in [1.807, 2.05) is 25.9 Å². The predicted octanol–water partition coefficient (Wildman–Crippen LogP) is 0.625. The average Bonchev–Trinajstić information content (AvgIpc) is 2.45. The summed E-state index contributed by atoms with van der Waals surface area (Å²) in [5.41, 5.74) is 0. The first-order chi connectivity index (χ1) is 9.88. The maximum absolute atomic E-state index is 12.5. The van der Waals surface area contributed by atoms with Crippen LogP contribution in [0.3, 0.4) is 0 Å². The van der Waals surface area contributed by atoms with Crippen molar-refractivity contribution in [3.8, 4) is 0 Å². The molecule has 1 saturated heterocycles. The SMILES string of the molecule is CCCNCC1CCCCN1S(=O)(=O)NCC(C)N(C)C. The summed E-state index contributed by atoms with van der Waals surface area (Å²) in [6, 6.07) is 0.263. The van der Waals surface area contributed by atoms with E-state index in [2.05, 4.69) is 17.0 Å². The van der Waals surface area contributed by atoms with Gasteiger partial charge in [-0.1, -0.05) is 13.3 Å². The van der Waals surface area contributed by atoms with Crippen molar-refractivity contribution >= 4 is 10.2 Å². The number of rotatable bonds is 9. The Balaban J connectivity index is 2.59. The highest BCUT2D eigenvalue weighted by atomic mass is 32.2. The second-order valence-corrected chi connectivity index (χ2v) is 7.84. The van der Waals surface area contributed by atoms with Crippen LogP contribution in [-0.2, 0) is 10.2 Å². The van der Waals surface area contributed by atoms with Crippen LogP contribution >= 0.6 is 0 Å². The molecule has 0 spiro atoms. The van der Waals surface area contributed by atoms with E-state index >= 15 is 0 Å². The van der Waals surface area contributed by atoms with E-state index in [-0.39, 0.29) is 12.1 Å². The molecule has 0 aromatic heterocycles. The Morgan fingerprint density at radius 3 is 2.67 bits per heavy atom. The molecule has 0 aromatic carbocycles. The monoisotopic (exact) mass is 320 g/mol. The molecule has 1 heterocycles. The molecule has 7 heteroatoms. The lowest BCUT2D eigenvalue weighted by Crippen LogP contribution is -2.53. The van der Waals surface area contributed by atoms with E-state index in [1.165, 1.54) is 0 Å². The lowest BCUT2D eigenvalue weighted by atomic mass is 10.1. The molecule has 0 radical (unpaired) electrons. The topological polar surface area (TPSA) is 64.7 Å². The summed E-state index contributed by atoms with van der Waals surface area (Å²) < 4.78 is 29.5. The van der Waals surface area contributed by atoms with Gasteiger partial charge in [-0.15, -0.1) is 0 Å². The van der Waals surface area contributed by atoms with E-state index in [1.54, 1.807) is 4.31 Å². The fourth-order valence-electron chi connectivity index (χ4n) is 2.43. The second kappa shape index (κ2) is 9.05. The normalized spacial score (nSPS) is 22.6. The zero-order valence-electron chi connectivity index (χ0n) is 13.9. The van der Waals surface area contributed by atoms with Gasteiger partial charge < -0.3 is 10.2 Å². The fraction of sp³-hybridized carbons (Fsp3) is 1.00. The fourth-order valence-corrected chi connectivity index (χ4v) is 3.99. The number of nitrogens with one attached hydrogen (secondary N) is 2. The Bertz CT molecular complexity index is 386. The van der Waals surface area contributed by atoms with Crippen molar-refractivity contribution in [3.63, 3.8) is 0 Å². The van der Waals surface area contributed by atoms with Crippen LogP contribution < -0.4 is 10.0 Å². The third-order valence-electron chi connectivity index (χ3n) is 4.13. The molecular formula is C14H32N4O2S. The zero-order chi connectivity index (χ0) is 15.9. The smallest absolute Gasteiger partial charge is 0.279 e. The first kappa shape index (κ1) is 18.8. The van der Waals surface area contributed by atoms with Crippen LogP contribution in [-0.4, -0.2) is 70.0 Å². The first-order valence-electron chi connectivity index (χ1n) is 8.02. The summed E-state index contributed by atoms with van der Waals surface area (Å²) >= 11 is 0. The molecule has 1 fully saturated rings. The molecule has 1 aliphatic rings. The number of hydrogen-bond acceptors (Lipinski definition) is 4. The minimum Gasteiger partial charge on any atom is -0.315 e. The van der Waals surface area contributed by atoms with Gasteiger partial charge in [0.15, 0.2) is 0 Å². The van der Waals surface area contributed by atoms with E-state index in [0.717, 1.165) is 38.8 Å².